The second kappa shape index (κ2) is 66.8. The zero-order valence-corrected chi connectivity index (χ0v) is 52.1. The van der Waals surface area contributed by atoms with Crippen LogP contribution in [0.1, 0.15) is 329 Å². The number of esters is 3. The van der Waals surface area contributed by atoms with Crippen LogP contribution in [0.25, 0.3) is 0 Å². The van der Waals surface area contributed by atoms with Crippen molar-refractivity contribution < 1.29 is 28.6 Å². The molecule has 454 valence electrons. The molecule has 0 N–H and O–H groups in total. The third-order valence-electron chi connectivity index (χ3n) is 14.5. The minimum atomic E-state index is -0.786. The molecule has 6 nitrogen and oxygen atoms in total. The second-order valence-corrected chi connectivity index (χ2v) is 22.3. The van der Waals surface area contributed by atoms with E-state index in [1.165, 1.54) is 180 Å². The van der Waals surface area contributed by atoms with Crippen molar-refractivity contribution in [2.75, 3.05) is 13.2 Å². The Morgan fingerprint density at radius 2 is 0.506 bits per heavy atom. The fourth-order valence-corrected chi connectivity index (χ4v) is 9.48. The average molecular weight is 1100 g/mol. The van der Waals surface area contributed by atoms with E-state index >= 15 is 0 Å². The normalized spacial score (nSPS) is 12.7. The van der Waals surface area contributed by atoms with Crippen molar-refractivity contribution in [1.82, 2.24) is 0 Å². The molecule has 0 bridgehead atoms. The Morgan fingerprint density at radius 3 is 0.823 bits per heavy atom. The molecule has 0 aromatic rings. The van der Waals surface area contributed by atoms with E-state index in [4.69, 9.17) is 14.2 Å². The van der Waals surface area contributed by atoms with E-state index in [0.29, 0.717) is 19.3 Å². The number of hydrogen-bond donors (Lipinski definition) is 0. The molecule has 0 aliphatic carbocycles. The van der Waals surface area contributed by atoms with E-state index in [2.05, 4.69) is 118 Å². The van der Waals surface area contributed by atoms with E-state index in [1.807, 2.05) is 0 Å². The monoisotopic (exact) mass is 1100 g/mol. The number of carbonyl (C=O) groups is 3. The van der Waals surface area contributed by atoms with Crippen molar-refractivity contribution in [1.29, 1.82) is 0 Å². The zero-order chi connectivity index (χ0) is 57.1. The number of rotatable bonds is 61. The van der Waals surface area contributed by atoms with Gasteiger partial charge < -0.3 is 14.2 Å². The van der Waals surface area contributed by atoms with Gasteiger partial charge in [0.1, 0.15) is 13.2 Å². The first-order valence-electron chi connectivity index (χ1n) is 33.7. The second-order valence-electron chi connectivity index (χ2n) is 22.3. The van der Waals surface area contributed by atoms with Crippen LogP contribution < -0.4 is 0 Å². The first-order valence-corrected chi connectivity index (χ1v) is 33.7. The van der Waals surface area contributed by atoms with Crippen molar-refractivity contribution >= 4 is 17.9 Å². The van der Waals surface area contributed by atoms with E-state index < -0.39 is 6.10 Å². The summed E-state index contributed by atoms with van der Waals surface area (Å²) in [6.45, 7) is 6.50. The van der Waals surface area contributed by atoms with E-state index in [1.54, 1.807) is 0 Å². The highest BCUT2D eigenvalue weighted by molar-refractivity contribution is 5.71. The van der Waals surface area contributed by atoms with Crippen LogP contribution in [-0.2, 0) is 28.6 Å². The fourth-order valence-electron chi connectivity index (χ4n) is 9.48. The predicted molar refractivity (Wildman–Crippen MR) is 344 cm³/mol. The minimum absolute atomic E-state index is 0.0833. The van der Waals surface area contributed by atoms with Crippen LogP contribution in [0.15, 0.2) is 97.2 Å². The number of carbonyl (C=O) groups excluding carboxylic acids is 3. The molecule has 0 heterocycles. The molecule has 1 atom stereocenters. The molecule has 0 aliphatic rings. The first-order chi connectivity index (χ1) is 39.0. The van der Waals surface area contributed by atoms with Crippen molar-refractivity contribution in [2.45, 2.75) is 335 Å². The van der Waals surface area contributed by atoms with Gasteiger partial charge in [-0.05, 0) is 116 Å². The third kappa shape index (κ3) is 65.0. The molecule has 0 amide bonds. The molecule has 79 heavy (non-hydrogen) atoms. The number of hydrogen-bond acceptors (Lipinski definition) is 6. The lowest BCUT2D eigenvalue weighted by Gasteiger charge is -2.18. The molecule has 0 saturated heterocycles. The molecule has 0 aromatic carbocycles. The molecule has 0 fully saturated rings. The quantitative estimate of drug-likeness (QED) is 0.0261. The number of allylic oxidation sites excluding steroid dienone is 16. The summed E-state index contributed by atoms with van der Waals surface area (Å²) in [6.07, 6.45) is 90.0. The third-order valence-corrected chi connectivity index (χ3v) is 14.5. The molecule has 0 rings (SSSR count). The topological polar surface area (TPSA) is 78.9 Å². The van der Waals surface area contributed by atoms with Crippen molar-refractivity contribution in [3.05, 3.63) is 97.2 Å². The molecular formula is C73H126O6. The Balaban J connectivity index is 4.28. The van der Waals surface area contributed by atoms with Crippen molar-refractivity contribution in [3.63, 3.8) is 0 Å². The molecule has 0 spiro atoms. The maximum atomic E-state index is 12.9. The lowest BCUT2D eigenvalue weighted by atomic mass is 10.0. The number of ether oxygens (including phenoxy) is 3. The molecule has 0 aromatic heterocycles. The number of unbranched alkanes of at least 4 members (excludes halogenated alkanes) is 34. The first kappa shape index (κ1) is 75.3. The Kier molecular flexibility index (Phi) is 63.7. The summed E-state index contributed by atoms with van der Waals surface area (Å²) in [5, 5.41) is 0. The summed E-state index contributed by atoms with van der Waals surface area (Å²) in [6, 6.07) is 0. The lowest BCUT2D eigenvalue weighted by molar-refractivity contribution is -0.167. The van der Waals surface area contributed by atoms with Crippen molar-refractivity contribution in [3.8, 4) is 0 Å². The summed E-state index contributed by atoms with van der Waals surface area (Å²) in [4.78, 5) is 38.3. The Bertz CT molecular complexity index is 1540. The average Bonchev–Trinajstić information content (AvgIpc) is 3.45. The highest BCUT2D eigenvalue weighted by atomic mass is 16.6. The maximum absolute atomic E-state index is 12.9. The summed E-state index contributed by atoms with van der Waals surface area (Å²) < 4.78 is 16.9. The summed E-state index contributed by atoms with van der Waals surface area (Å²) in [5.74, 6) is -0.890. The van der Waals surface area contributed by atoms with Gasteiger partial charge in [0.25, 0.3) is 0 Å². The van der Waals surface area contributed by atoms with Gasteiger partial charge in [0.05, 0.1) is 0 Å². The Morgan fingerprint density at radius 1 is 0.266 bits per heavy atom. The van der Waals surface area contributed by atoms with Crippen LogP contribution >= 0.6 is 0 Å². The molecule has 0 radical (unpaired) electrons. The van der Waals surface area contributed by atoms with Gasteiger partial charge in [-0.3, -0.25) is 14.4 Å². The smallest absolute Gasteiger partial charge is 0.306 e. The van der Waals surface area contributed by atoms with Gasteiger partial charge in [-0.25, -0.2) is 0 Å². The maximum Gasteiger partial charge on any atom is 0.306 e. The van der Waals surface area contributed by atoms with Gasteiger partial charge >= 0.3 is 17.9 Å². The van der Waals surface area contributed by atoms with Gasteiger partial charge in [0.15, 0.2) is 6.10 Å². The molecule has 0 saturated carbocycles. The summed E-state index contributed by atoms with van der Waals surface area (Å²) in [7, 11) is 0. The predicted octanol–water partition coefficient (Wildman–Crippen LogP) is 23.2. The Labute approximate surface area is 489 Å². The van der Waals surface area contributed by atoms with Gasteiger partial charge in [-0.1, -0.05) is 291 Å². The largest absolute Gasteiger partial charge is 0.462 e. The minimum Gasteiger partial charge on any atom is -0.462 e. The van der Waals surface area contributed by atoms with Crippen LogP contribution in [0.3, 0.4) is 0 Å². The van der Waals surface area contributed by atoms with Crippen LogP contribution in [0, 0.1) is 0 Å². The van der Waals surface area contributed by atoms with Crippen LogP contribution in [0.5, 0.6) is 0 Å². The zero-order valence-electron chi connectivity index (χ0n) is 52.1. The van der Waals surface area contributed by atoms with E-state index in [9.17, 15) is 14.4 Å². The van der Waals surface area contributed by atoms with Crippen LogP contribution in [0.2, 0.25) is 0 Å². The Hall–Kier alpha value is -3.67. The van der Waals surface area contributed by atoms with Gasteiger partial charge in [-0.2, -0.15) is 0 Å². The van der Waals surface area contributed by atoms with Crippen LogP contribution in [0.4, 0.5) is 0 Å². The SMILES string of the molecule is CC/C=C\C/C=C\C/C=C\C/C=C\C/C=C\C/C=C\CCCCCCCCCCC(=O)OCC(COC(=O)CCCCCCC/C=C\CCCC)OC(=O)CCCCCCCCCCCCC/C=C\CCCCCCCCCC. The molecule has 6 heteroatoms. The van der Waals surface area contributed by atoms with Gasteiger partial charge in [0.2, 0.25) is 0 Å². The highest BCUT2D eigenvalue weighted by Crippen LogP contribution is 2.16. The lowest BCUT2D eigenvalue weighted by Crippen LogP contribution is -2.30. The van der Waals surface area contributed by atoms with Gasteiger partial charge in [0, 0.05) is 19.3 Å². The molecule has 0 aliphatic heterocycles. The summed E-state index contributed by atoms with van der Waals surface area (Å²) >= 11 is 0. The van der Waals surface area contributed by atoms with Crippen molar-refractivity contribution in [2.24, 2.45) is 0 Å². The molecule has 1 unspecified atom stereocenters. The van der Waals surface area contributed by atoms with Crippen LogP contribution in [-0.4, -0.2) is 37.2 Å². The highest BCUT2D eigenvalue weighted by Gasteiger charge is 2.19. The standard InChI is InChI=1S/C73H126O6/c1-4-7-10-13-16-19-22-24-26-28-30-32-34-35-36-37-39-40-42-44-46-48-51-54-57-60-63-66-72(75)78-69-70(68-77-71(74)65-62-59-56-53-50-21-18-15-12-9-6-3)79-73(76)67-64-61-58-55-52-49-47-45-43-41-38-33-31-29-27-25-23-20-17-14-11-8-5-2/h7,10,15-16,18-19,24,26,29-32,35-36,39-40,70H,4-6,8-9,11-14,17,20-23,25,27-28,33-34,37-38,41-69H2,1-3H3/b10-7-,18-15-,19-16-,26-24-,31-29-,32-30-,36-35-,40-39-. The van der Waals surface area contributed by atoms with E-state index in [-0.39, 0.29) is 31.1 Å². The molecular weight excluding hydrogens is 973 g/mol. The summed E-state index contributed by atoms with van der Waals surface area (Å²) in [5.41, 5.74) is 0. The van der Waals surface area contributed by atoms with E-state index in [0.717, 1.165) is 109 Å². The fraction of sp³-hybridized carbons (Fsp3) is 0.740. The van der Waals surface area contributed by atoms with Gasteiger partial charge in [-0.15, -0.1) is 0 Å².